The maximum absolute atomic E-state index is 13.2. The molecule has 0 radical (unpaired) electrons. The van der Waals surface area contributed by atoms with Crippen molar-refractivity contribution in [3.05, 3.63) is 53.7 Å². The third kappa shape index (κ3) is 3.86. The number of hydrogen-bond acceptors (Lipinski definition) is 8. The molecule has 4 rings (SSSR count). The highest BCUT2D eigenvalue weighted by Crippen LogP contribution is 2.20. The fourth-order valence-corrected chi connectivity index (χ4v) is 4.23. The van der Waals surface area contributed by atoms with E-state index in [9.17, 15) is 12.8 Å². The van der Waals surface area contributed by atoms with Crippen molar-refractivity contribution in [2.45, 2.75) is 18.7 Å². The average molecular weight is 432 g/mol. The first-order valence-electron chi connectivity index (χ1n) is 8.89. The summed E-state index contributed by atoms with van der Waals surface area (Å²) in [5.74, 6) is 0.536. The van der Waals surface area contributed by atoms with Gasteiger partial charge in [0.1, 0.15) is 23.0 Å². The van der Waals surface area contributed by atoms with Crippen molar-refractivity contribution in [3.8, 4) is 17.3 Å². The second-order valence-corrected chi connectivity index (χ2v) is 8.08. The number of halogens is 1. The number of aryl methyl sites for hydroxylation is 2. The van der Waals surface area contributed by atoms with Gasteiger partial charge in [-0.2, -0.15) is 4.52 Å². The van der Waals surface area contributed by atoms with Crippen LogP contribution in [0.3, 0.4) is 0 Å². The van der Waals surface area contributed by atoms with Crippen LogP contribution in [0.15, 0.2) is 45.8 Å². The Morgan fingerprint density at radius 3 is 2.60 bits per heavy atom. The molecule has 4 aromatic rings. The van der Waals surface area contributed by atoms with Gasteiger partial charge in [-0.15, -0.1) is 15.3 Å². The zero-order chi connectivity index (χ0) is 21.3. The quantitative estimate of drug-likeness (QED) is 0.439. The summed E-state index contributed by atoms with van der Waals surface area (Å²) in [4.78, 5) is 0.0236. The molecule has 0 bridgehead atoms. The number of aromatic nitrogens is 5. The van der Waals surface area contributed by atoms with Gasteiger partial charge in [-0.1, -0.05) is 5.16 Å². The summed E-state index contributed by atoms with van der Waals surface area (Å²) in [6, 6.07) is 9.05. The van der Waals surface area contributed by atoms with Gasteiger partial charge in [0.25, 0.3) is 0 Å². The molecule has 0 aliphatic heterocycles. The van der Waals surface area contributed by atoms with E-state index in [1.165, 1.54) is 23.6 Å². The van der Waals surface area contributed by atoms with Crippen LogP contribution >= 0.6 is 0 Å². The predicted octanol–water partition coefficient (Wildman–Crippen LogP) is 1.89. The van der Waals surface area contributed by atoms with Gasteiger partial charge in [-0.3, -0.25) is 0 Å². The fraction of sp³-hybridized carbons (Fsp3) is 0.222. The molecule has 156 valence electrons. The second kappa shape index (κ2) is 7.80. The van der Waals surface area contributed by atoms with Gasteiger partial charge >= 0.3 is 0 Å². The summed E-state index contributed by atoms with van der Waals surface area (Å²) in [6.07, 6.45) is 0. The smallest absolute Gasteiger partial charge is 0.246 e. The van der Waals surface area contributed by atoms with Crippen LogP contribution in [0.5, 0.6) is 5.88 Å². The van der Waals surface area contributed by atoms with E-state index in [4.69, 9.17) is 9.26 Å². The molecule has 1 aromatic carbocycles. The summed E-state index contributed by atoms with van der Waals surface area (Å²) in [5.41, 5.74) is 1.41. The van der Waals surface area contributed by atoms with Gasteiger partial charge in [-0.25, -0.2) is 17.5 Å². The Morgan fingerprint density at radius 2 is 1.90 bits per heavy atom. The zero-order valence-corrected chi connectivity index (χ0v) is 16.9. The largest absolute Gasteiger partial charge is 0.475 e. The summed E-state index contributed by atoms with van der Waals surface area (Å²) in [5, 5.41) is 16.1. The molecule has 3 aromatic heterocycles. The average Bonchev–Trinajstić information content (AvgIpc) is 3.29. The maximum atomic E-state index is 13.2. The van der Waals surface area contributed by atoms with E-state index in [1.807, 2.05) is 0 Å². The number of hydrogen-bond donors (Lipinski definition) is 1. The molecular formula is C18H17FN6O4S. The minimum Gasteiger partial charge on any atom is -0.475 e. The van der Waals surface area contributed by atoms with Crippen molar-refractivity contribution in [2.24, 2.45) is 0 Å². The van der Waals surface area contributed by atoms with Crippen LogP contribution < -0.4 is 9.46 Å². The van der Waals surface area contributed by atoms with E-state index >= 15 is 0 Å². The molecule has 10 nitrogen and oxygen atoms in total. The molecule has 0 unspecified atom stereocenters. The highest BCUT2D eigenvalue weighted by Gasteiger charge is 2.23. The van der Waals surface area contributed by atoms with Gasteiger partial charge < -0.3 is 9.26 Å². The van der Waals surface area contributed by atoms with Crippen molar-refractivity contribution in [1.29, 1.82) is 0 Å². The fourth-order valence-electron chi connectivity index (χ4n) is 2.89. The zero-order valence-electron chi connectivity index (χ0n) is 16.0. The lowest BCUT2D eigenvalue weighted by molar-refractivity contribution is 0.306. The number of ether oxygens (including phenoxy) is 1. The van der Waals surface area contributed by atoms with Crippen molar-refractivity contribution in [3.63, 3.8) is 0 Å². The summed E-state index contributed by atoms with van der Waals surface area (Å²) in [7, 11) is -3.77. The highest BCUT2D eigenvalue weighted by atomic mass is 32.2. The van der Waals surface area contributed by atoms with Crippen LogP contribution in [0.1, 0.15) is 11.5 Å². The van der Waals surface area contributed by atoms with Gasteiger partial charge in [0, 0.05) is 18.2 Å². The molecular weight excluding hydrogens is 415 g/mol. The van der Waals surface area contributed by atoms with E-state index in [-0.39, 0.29) is 41.2 Å². The van der Waals surface area contributed by atoms with E-state index in [2.05, 4.69) is 25.2 Å². The molecule has 0 atom stereocenters. The van der Waals surface area contributed by atoms with Crippen LogP contribution in [0.25, 0.3) is 17.0 Å². The van der Waals surface area contributed by atoms with Gasteiger partial charge in [0.15, 0.2) is 17.2 Å². The van der Waals surface area contributed by atoms with E-state index in [0.29, 0.717) is 17.0 Å². The molecule has 0 amide bonds. The molecule has 3 heterocycles. The lowest BCUT2D eigenvalue weighted by Crippen LogP contribution is -2.29. The second-order valence-electron chi connectivity index (χ2n) is 6.37. The third-order valence-corrected chi connectivity index (χ3v) is 5.93. The molecule has 1 N–H and O–H groups in total. The van der Waals surface area contributed by atoms with Crippen LogP contribution in [-0.2, 0) is 10.0 Å². The third-order valence-electron chi connectivity index (χ3n) is 4.22. The minimum atomic E-state index is -3.77. The van der Waals surface area contributed by atoms with Gasteiger partial charge in [-0.05, 0) is 44.2 Å². The lowest BCUT2D eigenvalue weighted by atomic mass is 10.2. The van der Waals surface area contributed by atoms with Gasteiger partial charge in [0.05, 0.1) is 0 Å². The Kier molecular flexibility index (Phi) is 5.18. The lowest BCUT2D eigenvalue weighted by Gasteiger charge is -2.08. The normalized spacial score (nSPS) is 11.8. The Hall–Kier alpha value is -3.38. The van der Waals surface area contributed by atoms with Crippen LogP contribution in [0.4, 0.5) is 4.39 Å². The van der Waals surface area contributed by atoms with Crippen molar-refractivity contribution in [2.75, 3.05) is 13.2 Å². The molecule has 0 fully saturated rings. The van der Waals surface area contributed by atoms with Crippen LogP contribution in [-0.4, -0.2) is 46.5 Å². The maximum Gasteiger partial charge on any atom is 0.246 e. The number of fused-ring (bicyclic) bond motifs is 1. The molecule has 12 heteroatoms. The van der Waals surface area contributed by atoms with Crippen molar-refractivity contribution in [1.82, 2.24) is 29.7 Å². The van der Waals surface area contributed by atoms with Crippen molar-refractivity contribution < 1.29 is 22.1 Å². The topological polar surface area (TPSA) is 125 Å². The Balaban J connectivity index is 1.45. The molecule has 0 spiro atoms. The summed E-state index contributed by atoms with van der Waals surface area (Å²) in [6.45, 7) is 3.13. The Bertz CT molecular complexity index is 1280. The van der Waals surface area contributed by atoms with Crippen molar-refractivity contribution >= 4 is 15.7 Å². The SMILES string of the molecule is Cc1noc(C)c1S(=O)(=O)NCCOc1ccc2nnc(-c3ccc(F)cc3)n2n1. The number of nitrogens with zero attached hydrogens (tertiary/aromatic N) is 5. The Labute approximate surface area is 170 Å². The van der Waals surface area contributed by atoms with Gasteiger partial charge in [0.2, 0.25) is 15.9 Å². The standard InChI is InChI=1S/C18H17FN6O4S/c1-11-17(12(2)29-24-11)30(26,27)20-9-10-28-16-8-7-15-21-22-18(25(15)23-16)13-3-5-14(19)6-4-13/h3-8,20H,9-10H2,1-2H3. The van der Waals surface area contributed by atoms with Crippen LogP contribution in [0.2, 0.25) is 0 Å². The molecule has 0 saturated heterocycles. The van der Waals surface area contributed by atoms with E-state index in [1.54, 1.807) is 31.2 Å². The number of nitrogens with one attached hydrogen (secondary N) is 1. The summed E-state index contributed by atoms with van der Waals surface area (Å²) < 4.78 is 52.3. The number of benzene rings is 1. The minimum absolute atomic E-state index is 0.0130. The highest BCUT2D eigenvalue weighted by molar-refractivity contribution is 7.89. The molecule has 0 aliphatic rings. The number of rotatable bonds is 7. The first-order chi connectivity index (χ1) is 14.3. The first kappa shape index (κ1) is 19.9. The van der Waals surface area contributed by atoms with E-state index in [0.717, 1.165) is 0 Å². The number of sulfonamides is 1. The first-order valence-corrected chi connectivity index (χ1v) is 10.4. The molecule has 0 aliphatic carbocycles. The summed E-state index contributed by atoms with van der Waals surface area (Å²) >= 11 is 0. The molecule has 30 heavy (non-hydrogen) atoms. The molecule has 0 saturated carbocycles. The Morgan fingerprint density at radius 1 is 1.13 bits per heavy atom. The predicted molar refractivity (Wildman–Crippen MR) is 103 cm³/mol. The monoisotopic (exact) mass is 432 g/mol. The van der Waals surface area contributed by atoms with Crippen LogP contribution in [0, 0.1) is 19.7 Å². The van der Waals surface area contributed by atoms with E-state index < -0.39 is 10.0 Å².